The number of carboxylic acid groups (broad SMARTS) is 2. The van der Waals surface area contributed by atoms with Crippen molar-refractivity contribution in [3.63, 3.8) is 0 Å². The molecule has 0 aromatic heterocycles. The maximum absolute atomic E-state index is 9.37. The van der Waals surface area contributed by atoms with Crippen LogP contribution in [0.3, 0.4) is 0 Å². The van der Waals surface area contributed by atoms with E-state index in [4.69, 9.17) is 10.2 Å². The maximum atomic E-state index is 9.37. The molecule has 0 aromatic rings. The van der Waals surface area contributed by atoms with Gasteiger partial charge in [-0.05, 0) is 0 Å². The van der Waals surface area contributed by atoms with Crippen LogP contribution in [0.25, 0.3) is 0 Å². The topological polar surface area (TPSA) is 74.6 Å². The summed E-state index contributed by atoms with van der Waals surface area (Å²) in [5.41, 5.74) is 0. The first-order chi connectivity index (χ1) is 4.54. The zero-order valence-electron chi connectivity index (χ0n) is 6.63. The van der Waals surface area contributed by atoms with Gasteiger partial charge in [0.05, 0.1) is 0 Å². The molecule has 0 fully saturated rings. The Kier molecular flexibility index (Phi) is 19.2. The fraction of sp³-hybridized carbons (Fsp3) is 0.667. The van der Waals surface area contributed by atoms with E-state index in [1.54, 1.807) is 13.8 Å². The summed E-state index contributed by atoms with van der Waals surface area (Å²) in [5.74, 6) is -1.49. The van der Waals surface area contributed by atoms with Crippen molar-refractivity contribution in [1.29, 1.82) is 0 Å². The fourth-order valence-electron chi connectivity index (χ4n) is 0. The number of hydrogen-bond donors (Lipinski definition) is 2. The van der Waals surface area contributed by atoms with Gasteiger partial charge < -0.3 is 10.2 Å². The minimum atomic E-state index is -0.745. The van der Waals surface area contributed by atoms with Crippen LogP contribution in [-0.2, 0) is 9.59 Å². The van der Waals surface area contributed by atoms with Crippen molar-refractivity contribution in [2.45, 2.75) is 26.7 Å². The second-order valence-electron chi connectivity index (χ2n) is 1.49. The van der Waals surface area contributed by atoms with Crippen LogP contribution < -0.4 is 0 Å². The Morgan fingerprint density at radius 2 is 1.09 bits per heavy atom. The van der Waals surface area contributed by atoms with Crippen LogP contribution in [0.1, 0.15) is 26.7 Å². The summed E-state index contributed by atoms with van der Waals surface area (Å²) in [6.07, 6.45) is 0.444. The molecule has 0 bridgehead atoms. The van der Waals surface area contributed by atoms with E-state index in [0.717, 1.165) is 0 Å². The summed E-state index contributed by atoms with van der Waals surface area (Å²) >= 11 is 0. The first-order valence-corrected chi connectivity index (χ1v) is 2.98. The number of hydrogen-bond acceptors (Lipinski definition) is 2. The zero-order valence-corrected chi connectivity index (χ0v) is 9.48. The number of carbonyl (C=O) groups is 2. The van der Waals surface area contributed by atoms with E-state index in [-0.39, 0.29) is 36.5 Å². The van der Waals surface area contributed by atoms with Gasteiger partial charge in [0.1, 0.15) is 0 Å². The number of rotatable bonds is 2. The summed E-state index contributed by atoms with van der Waals surface area (Å²) < 4.78 is 0. The van der Waals surface area contributed by atoms with Crippen molar-refractivity contribution in [1.82, 2.24) is 0 Å². The summed E-state index contributed by atoms with van der Waals surface area (Å²) in [4.78, 5) is 18.7. The Morgan fingerprint density at radius 3 is 1.09 bits per heavy atom. The predicted octanol–water partition coefficient (Wildman–Crippen LogP) is 0.0458. The van der Waals surface area contributed by atoms with Crippen molar-refractivity contribution >= 4 is 35.6 Å². The molecule has 0 aliphatic heterocycles. The second-order valence-corrected chi connectivity index (χ2v) is 1.49. The molecule has 0 heterocycles. The van der Waals surface area contributed by atoms with E-state index < -0.39 is 11.9 Å². The molecular weight excluding hydrogens is 264 g/mol. The third-order valence-electron chi connectivity index (χ3n) is 0.605. The average Bonchev–Trinajstić information content (AvgIpc) is 1.89. The Morgan fingerprint density at radius 1 is 1.00 bits per heavy atom. The van der Waals surface area contributed by atoms with Gasteiger partial charge in [-0.2, -0.15) is 0 Å². The van der Waals surface area contributed by atoms with Crippen LogP contribution in [0, 0.1) is 0 Å². The van der Waals surface area contributed by atoms with Gasteiger partial charge in [0.25, 0.3) is 0 Å². The molecule has 68 valence electrons. The van der Waals surface area contributed by atoms with Gasteiger partial charge >= 0.3 is 35.6 Å². The second kappa shape index (κ2) is 12.4. The molecule has 0 saturated carbocycles. The molecule has 0 atom stereocenters. The van der Waals surface area contributed by atoms with Crippen LogP contribution in [-0.4, -0.2) is 45.8 Å². The van der Waals surface area contributed by atoms with Crippen molar-refractivity contribution in [3.8, 4) is 0 Å². The molecule has 5 heteroatoms. The summed E-state index contributed by atoms with van der Waals surface area (Å²) in [7, 11) is 0. The third kappa shape index (κ3) is 41.8. The van der Waals surface area contributed by atoms with Crippen molar-refractivity contribution in [2.24, 2.45) is 0 Å². The van der Waals surface area contributed by atoms with E-state index in [9.17, 15) is 9.59 Å². The molecule has 0 aliphatic rings. The standard InChI is InChI=1S/2C3H6O2.H2Te/c2*1-2-3(4)5;/h2*2H2,1H3,(H,4,5);1H2. The van der Waals surface area contributed by atoms with Crippen LogP contribution in [0.5, 0.6) is 0 Å². The Bertz CT molecular complexity index is 99.1. The molecule has 11 heavy (non-hydrogen) atoms. The van der Waals surface area contributed by atoms with Gasteiger partial charge in [0.15, 0.2) is 0 Å². The zero-order chi connectivity index (χ0) is 8.57. The average molecular weight is 278 g/mol. The van der Waals surface area contributed by atoms with Gasteiger partial charge in [0.2, 0.25) is 0 Å². The van der Waals surface area contributed by atoms with E-state index in [1.165, 1.54) is 0 Å². The van der Waals surface area contributed by atoms with E-state index in [1.807, 2.05) is 0 Å². The number of carboxylic acids is 2. The predicted molar refractivity (Wildman–Crippen MR) is 44.4 cm³/mol. The molecule has 4 nitrogen and oxygen atoms in total. The molecule has 0 amide bonds. The van der Waals surface area contributed by atoms with Gasteiger partial charge in [-0.1, -0.05) is 13.8 Å². The molecule has 0 aromatic carbocycles. The van der Waals surface area contributed by atoms with Crippen LogP contribution in [0.15, 0.2) is 0 Å². The van der Waals surface area contributed by atoms with Gasteiger partial charge in [-0.15, -0.1) is 0 Å². The molecule has 0 radical (unpaired) electrons. The third-order valence-corrected chi connectivity index (χ3v) is 0.605. The summed E-state index contributed by atoms with van der Waals surface area (Å²) in [5, 5.41) is 15.4. The fourth-order valence-corrected chi connectivity index (χ4v) is 0. The van der Waals surface area contributed by atoms with Gasteiger partial charge in [0, 0.05) is 12.8 Å². The normalized spacial score (nSPS) is 6.73. The van der Waals surface area contributed by atoms with Crippen LogP contribution in [0.4, 0.5) is 0 Å². The minimum absolute atomic E-state index is 0. The monoisotopic (exact) mass is 280 g/mol. The molecular formula is C6H14O4Te. The first-order valence-electron chi connectivity index (χ1n) is 2.98. The van der Waals surface area contributed by atoms with Gasteiger partial charge in [-0.3, -0.25) is 9.59 Å². The van der Waals surface area contributed by atoms with Crippen molar-refractivity contribution < 1.29 is 19.8 Å². The van der Waals surface area contributed by atoms with Crippen molar-refractivity contribution in [2.75, 3.05) is 0 Å². The summed E-state index contributed by atoms with van der Waals surface area (Å²) in [6, 6.07) is 0. The SMILES string of the molecule is CCC(=O)O.CCC(=O)O.[TeH2]. The molecule has 0 unspecified atom stereocenters. The van der Waals surface area contributed by atoms with Crippen molar-refractivity contribution in [3.05, 3.63) is 0 Å². The Balaban J connectivity index is -0.000000107. The van der Waals surface area contributed by atoms with Crippen LogP contribution in [0.2, 0.25) is 0 Å². The number of aliphatic carboxylic acids is 2. The van der Waals surface area contributed by atoms with E-state index in [2.05, 4.69) is 0 Å². The first kappa shape index (κ1) is 17.0. The Labute approximate surface area is 82.3 Å². The van der Waals surface area contributed by atoms with E-state index in [0.29, 0.717) is 0 Å². The van der Waals surface area contributed by atoms with E-state index >= 15 is 0 Å². The van der Waals surface area contributed by atoms with Gasteiger partial charge in [-0.25, -0.2) is 0 Å². The Hall–Kier alpha value is -0.270. The molecule has 0 spiro atoms. The molecule has 0 rings (SSSR count). The molecule has 0 saturated heterocycles. The molecule has 2 N–H and O–H groups in total. The molecule has 0 aliphatic carbocycles. The van der Waals surface area contributed by atoms with Crippen LogP contribution >= 0.6 is 0 Å². The quantitative estimate of drug-likeness (QED) is 0.699. The summed E-state index contributed by atoms with van der Waals surface area (Å²) in [6.45, 7) is 3.20.